The van der Waals surface area contributed by atoms with Gasteiger partial charge in [-0.25, -0.2) is 0 Å². The van der Waals surface area contributed by atoms with Crippen LogP contribution in [0.2, 0.25) is 0 Å². The van der Waals surface area contributed by atoms with Gasteiger partial charge in [-0.1, -0.05) is 43.7 Å². The highest BCUT2D eigenvalue weighted by Crippen LogP contribution is 2.21. The molecule has 0 radical (unpaired) electrons. The number of nitrogen functional groups attached to an aromatic ring is 1. The highest BCUT2D eigenvalue weighted by Gasteiger charge is 2.04. The minimum Gasteiger partial charge on any atom is -0.339 e. The fourth-order valence-electron chi connectivity index (χ4n) is 1.77. The molecule has 0 spiro atoms. The van der Waals surface area contributed by atoms with Crippen LogP contribution in [0.15, 0.2) is 42.6 Å². The number of nitrogens with two attached hydrogens (primary N) is 1. The first-order valence-corrected chi connectivity index (χ1v) is 5.33. The first kappa shape index (κ1) is 9.84. The Balaban J connectivity index is 2.34. The Morgan fingerprint density at radius 1 is 1.13 bits per heavy atom. The fraction of sp³-hybridized carbons (Fsp3) is 0.231. The molecule has 0 saturated carbocycles. The van der Waals surface area contributed by atoms with Gasteiger partial charge in [0.25, 0.3) is 0 Å². The number of benzene rings is 1. The zero-order chi connectivity index (χ0) is 10.7. The van der Waals surface area contributed by atoms with Crippen LogP contribution in [-0.2, 0) is 6.42 Å². The summed E-state index contributed by atoms with van der Waals surface area (Å²) in [4.78, 5) is 0. The SMILES string of the molecule is CCCc1cc(-c2ccccc2)cn1N. The third kappa shape index (κ3) is 2.04. The van der Waals surface area contributed by atoms with Crippen molar-refractivity contribution in [3.63, 3.8) is 0 Å². The summed E-state index contributed by atoms with van der Waals surface area (Å²) in [5, 5.41) is 0. The van der Waals surface area contributed by atoms with Crippen LogP contribution in [0.5, 0.6) is 0 Å². The largest absolute Gasteiger partial charge is 0.339 e. The molecule has 0 bridgehead atoms. The summed E-state index contributed by atoms with van der Waals surface area (Å²) in [5.41, 5.74) is 3.61. The monoisotopic (exact) mass is 200 g/mol. The van der Waals surface area contributed by atoms with E-state index in [1.807, 2.05) is 24.4 Å². The van der Waals surface area contributed by atoms with E-state index in [0.717, 1.165) is 12.8 Å². The first-order chi connectivity index (χ1) is 7.31. The van der Waals surface area contributed by atoms with Crippen LogP contribution in [0.25, 0.3) is 11.1 Å². The molecule has 0 aliphatic heterocycles. The van der Waals surface area contributed by atoms with Gasteiger partial charge in [0.15, 0.2) is 0 Å². The van der Waals surface area contributed by atoms with Gasteiger partial charge >= 0.3 is 0 Å². The molecule has 0 amide bonds. The van der Waals surface area contributed by atoms with Gasteiger partial charge < -0.3 is 5.84 Å². The number of aromatic nitrogens is 1. The molecule has 1 aromatic heterocycles. The van der Waals surface area contributed by atoms with Crippen LogP contribution in [0.3, 0.4) is 0 Å². The predicted octanol–water partition coefficient (Wildman–Crippen LogP) is 2.82. The quantitative estimate of drug-likeness (QED) is 0.759. The van der Waals surface area contributed by atoms with E-state index in [-0.39, 0.29) is 0 Å². The van der Waals surface area contributed by atoms with Crippen molar-refractivity contribution < 1.29 is 0 Å². The van der Waals surface area contributed by atoms with E-state index in [2.05, 4.69) is 25.1 Å². The molecule has 2 rings (SSSR count). The molecule has 1 aromatic carbocycles. The molecule has 0 unspecified atom stereocenters. The minimum absolute atomic E-state index is 1.03. The fourth-order valence-corrected chi connectivity index (χ4v) is 1.77. The molecule has 78 valence electrons. The summed E-state index contributed by atoms with van der Waals surface area (Å²) < 4.78 is 1.73. The van der Waals surface area contributed by atoms with Crippen molar-refractivity contribution in [1.29, 1.82) is 0 Å². The summed E-state index contributed by atoms with van der Waals surface area (Å²) in [5.74, 6) is 5.88. The molecule has 0 saturated heterocycles. The van der Waals surface area contributed by atoms with Crippen LogP contribution in [-0.4, -0.2) is 4.68 Å². The van der Waals surface area contributed by atoms with Crippen LogP contribution in [0, 0.1) is 0 Å². The smallest absolute Gasteiger partial charge is 0.0398 e. The van der Waals surface area contributed by atoms with Gasteiger partial charge in [-0.15, -0.1) is 0 Å². The predicted molar refractivity (Wildman–Crippen MR) is 64.0 cm³/mol. The number of nitrogens with zero attached hydrogens (tertiary/aromatic N) is 1. The number of hydrogen-bond donors (Lipinski definition) is 1. The molecule has 2 heteroatoms. The summed E-state index contributed by atoms with van der Waals surface area (Å²) in [6.45, 7) is 2.16. The first-order valence-electron chi connectivity index (χ1n) is 5.33. The highest BCUT2D eigenvalue weighted by atomic mass is 15.3. The van der Waals surface area contributed by atoms with Crippen molar-refractivity contribution >= 4 is 0 Å². The zero-order valence-electron chi connectivity index (χ0n) is 8.98. The van der Waals surface area contributed by atoms with Gasteiger partial charge in [0.05, 0.1) is 0 Å². The number of aryl methyl sites for hydroxylation is 1. The Hall–Kier alpha value is -1.70. The minimum atomic E-state index is 1.03. The molecular weight excluding hydrogens is 184 g/mol. The van der Waals surface area contributed by atoms with E-state index in [0.29, 0.717) is 0 Å². The van der Waals surface area contributed by atoms with Crippen molar-refractivity contribution in [2.75, 3.05) is 5.84 Å². The third-order valence-corrected chi connectivity index (χ3v) is 2.55. The van der Waals surface area contributed by atoms with E-state index in [1.54, 1.807) is 4.68 Å². The topological polar surface area (TPSA) is 30.9 Å². The van der Waals surface area contributed by atoms with Crippen molar-refractivity contribution in [1.82, 2.24) is 4.68 Å². The summed E-state index contributed by atoms with van der Waals surface area (Å²) in [6, 6.07) is 12.5. The average molecular weight is 200 g/mol. The molecule has 2 aromatic rings. The third-order valence-electron chi connectivity index (χ3n) is 2.55. The molecular formula is C13H16N2. The Morgan fingerprint density at radius 2 is 1.87 bits per heavy atom. The van der Waals surface area contributed by atoms with Crippen molar-refractivity contribution in [3.8, 4) is 11.1 Å². The average Bonchev–Trinajstić information content (AvgIpc) is 2.63. The maximum Gasteiger partial charge on any atom is 0.0398 e. The van der Waals surface area contributed by atoms with Gasteiger partial charge in [-0.05, 0) is 18.1 Å². The summed E-state index contributed by atoms with van der Waals surface area (Å²) in [6.07, 6.45) is 4.14. The van der Waals surface area contributed by atoms with Crippen molar-refractivity contribution in [3.05, 3.63) is 48.3 Å². The van der Waals surface area contributed by atoms with Crippen molar-refractivity contribution in [2.45, 2.75) is 19.8 Å². The van der Waals surface area contributed by atoms with Gasteiger partial charge in [0.2, 0.25) is 0 Å². The van der Waals surface area contributed by atoms with E-state index in [4.69, 9.17) is 5.84 Å². The maximum absolute atomic E-state index is 5.88. The molecule has 0 aliphatic rings. The lowest BCUT2D eigenvalue weighted by molar-refractivity contribution is 0.823. The number of hydrogen-bond acceptors (Lipinski definition) is 1. The Kier molecular flexibility index (Phi) is 2.77. The van der Waals surface area contributed by atoms with Crippen LogP contribution >= 0.6 is 0 Å². The van der Waals surface area contributed by atoms with E-state index >= 15 is 0 Å². The van der Waals surface area contributed by atoms with Gasteiger partial charge in [0, 0.05) is 17.5 Å². The Bertz CT molecular complexity index is 429. The van der Waals surface area contributed by atoms with E-state index in [1.165, 1.54) is 16.8 Å². The molecule has 0 atom stereocenters. The van der Waals surface area contributed by atoms with E-state index < -0.39 is 0 Å². The Labute approximate surface area is 90.3 Å². The molecule has 15 heavy (non-hydrogen) atoms. The second-order valence-electron chi connectivity index (χ2n) is 3.74. The van der Waals surface area contributed by atoms with Crippen LogP contribution < -0.4 is 5.84 Å². The van der Waals surface area contributed by atoms with Crippen LogP contribution in [0.1, 0.15) is 19.0 Å². The Morgan fingerprint density at radius 3 is 2.53 bits per heavy atom. The zero-order valence-corrected chi connectivity index (χ0v) is 8.98. The maximum atomic E-state index is 5.88. The molecule has 2 N–H and O–H groups in total. The van der Waals surface area contributed by atoms with Crippen LogP contribution in [0.4, 0.5) is 0 Å². The molecule has 2 nitrogen and oxygen atoms in total. The highest BCUT2D eigenvalue weighted by molar-refractivity contribution is 5.63. The molecule has 0 aliphatic carbocycles. The standard InChI is InChI=1S/C13H16N2/c1-2-6-13-9-12(10-15(13)14)11-7-4-3-5-8-11/h3-5,7-10H,2,6,14H2,1H3. The summed E-state index contributed by atoms with van der Waals surface area (Å²) in [7, 11) is 0. The lowest BCUT2D eigenvalue weighted by atomic mass is 10.1. The van der Waals surface area contributed by atoms with Gasteiger partial charge in [0.1, 0.15) is 0 Å². The van der Waals surface area contributed by atoms with E-state index in [9.17, 15) is 0 Å². The lowest BCUT2D eigenvalue weighted by Crippen LogP contribution is -2.09. The normalized spacial score (nSPS) is 10.5. The second-order valence-corrected chi connectivity index (χ2v) is 3.74. The van der Waals surface area contributed by atoms with Gasteiger partial charge in [-0.2, -0.15) is 0 Å². The lowest BCUT2D eigenvalue weighted by Gasteiger charge is -1.98. The number of rotatable bonds is 3. The summed E-state index contributed by atoms with van der Waals surface area (Å²) >= 11 is 0. The molecule has 1 heterocycles. The molecule has 0 fully saturated rings. The van der Waals surface area contributed by atoms with Crippen molar-refractivity contribution in [2.24, 2.45) is 0 Å². The van der Waals surface area contributed by atoms with Gasteiger partial charge in [-0.3, -0.25) is 4.68 Å². The second kappa shape index (κ2) is 4.22.